The third kappa shape index (κ3) is 4.21. The van der Waals surface area contributed by atoms with Crippen LogP contribution in [0.15, 0.2) is 0 Å². The van der Waals surface area contributed by atoms with E-state index in [0.29, 0.717) is 25.7 Å². The van der Waals surface area contributed by atoms with Gasteiger partial charge in [-0.3, -0.25) is 4.90 Å². The zero-order chi connectivity index (χ0) is 13.5. The number of carbonyl (C=O) groups is 1. The van der Waals surface area contributed by atoms with Gasteiger partial charge in [-0.05, 0) is 13.3 Å². The highest BCUT2D eigenvalue weighted by Gasteiger charge is 2.28. The molecule has 1 heterocycles. The molecule has 0 unspecified atom stereocenters. The smallest absolute Gasteiger partial charge is 0.318 e. The van der Waals surface area contributed by atoms with Crippen LogP contribution in [-0.4, -0.2) is 65.8 Å². The Hall–Kier alpha value is -1.25. The summed E-state index contributed by atoms with van der Waals surface area (Å²) in [6.45, 7) is 7.00. The standard InChI is InChI=1S/C13H23N3O2/c1-4-6-14-13(18)16-8-7-15(9-11(3)17)12(5-2)10-16/h1,11-12,17H,5-10H2,2-3H3,(H,14,18)/t11-,12-/m1/s1. The average Bonchev–Trinajstić information content (AvgIpc) is 2.35. The minimum Gasteiger partial charge on any atom is -0.392 e. The summed E-state index contributed by atoms with van der Waals surface area (Å²) >= 11 is 0. The highest BCUT2D eigenvalue weighted by molar-refractivity contribution is 5.74. The van der Waals surface area contributed by atoms with Crippen molar-refractivity contribution in [2.45, 2.75) is 32.4 Å². The molecule has 0 spiro atoms. The normalized spacial score (nSPS) is 22.3. The second-order valence-corrected chi connectivity index (χ2v) is 4.71. The van der Waals surface area contributed by atoms with Gasteiger partial charge in [0.25, 0.3) is 0 Å². The van der Waals surface area contributed by atoms with Crippen LogP contribution >= 0.6 is 0 Å². The number of aliphatic hydroxyl groups excluding tert-OH is 1. The summed E-state index contributed by atoms with van der Waals surface area (Å²) in [5, 5.41) is 12.1. The van der Waals surface area contributed by atoms with Crippen LogP contribution in [0.25, 0.3) is 0 Å². The fourth-order valence-electron chi connectivity index (χ4n) is 2.28. The summed E-state index contributed by atoms with van der Waals surface area (Å²) in [6, 6.07) is 0.216. The van der Waals surface area contributed by atoms with Crippen LogP contribution in [0, 0.1) is 12.3 Å². The lowest BCUT2D eigenvalue weighted by molar-refractivity contribution is 0.0486. The number of piperazine rings is 1. The van der Waals surface area contributed by atoms with E-state index in [0.717, 1.165) is 13.0 Å². The third-order valence-corrected chi connectivity index (χ3v) is 3.20. The minimum absolute atomic E-state index is 0.0944. The number of hydrogen-bond donors (Lipinski definition) is 2. The van der Waals surface area contributed by atoms with Crippen molar-refractivity contribution in [2.24, 2.45) is 0 Å². The Bertz CT molecular complexity index is 312. The Morgan fingerprint density at radius 3 is 2.89 bits per heavy atom. The first-order valence-electron chi connectivity index (χ1n) is 6.46. The molecule has 1 fully saturated rings. The number of aliphatic hydroxyl groups is 1. The van der Waals surface area contributed by atoms with Crippen molar-refractivity contribution in [1.29, 1.82) is 0 Å². The van der Waals surface area contributed by atoms with E-state index in [-0.39, 0.29) is 18.7 Å². The van der Waals surface area contributed by atoms with Gasteiger partial charge in [-0.25, -0.2) is 4.79 Å². The minimum atomic E-state index is -0.333. The second-order valence-electron chi connectivity index (χ2n) is 4.71. The van der Waals surface area contributed by atoms with Crippen molar-refractivity contribution in [3.63, 3.8) is 0 Å². The van der Waals surface area contributed by atoms with Crippen molar-refractivity contribution in [3.8, 4) is 12.3 Å². The van der Waals surface area contributed by atoms with Crippen LogP contribution in [0.1, 0.15) is 20.3 Å². The number of nitrogens with zero attached hydrogens (tertiary/aromatic N) is 2. The average molecular weight is 253 g/mol. The fraction of sp³-hybridized carbons (Fsp3) is 0.769. The Morgan fingerprint density at radius 1 is 1.61 bits per heavy atom. The third-order valence-electron chi connectivity index (χ3n) is 3.20. The van der Waals surface area contributed by atoms with E-state index in [1.54, 1.807) is 11.8 Å². The summed E-state index contributed by atoms with van der Waals surface area (Å²) in [4.78, 5) is 15.8. The SMILES string of the molecule is C#CCNC(=O)N1CCN(C[C@@H](C)O)[C@H](CC)C1. The van der Waals surface area contributed by atoms with Gasteiger partial charge >= 0.3 is 6.03 Å². The van der Waals surface area contributed by atoms with Gasteiger partial charge in [0.05, 0.1) is 12.6 Å². The van der Waals surface area contributed by atoms with E-state index in [9.17, 15) is 9.90 Å². The Labute approximate surface area is 109 Å². The highest BCUT2D eigenvalue weighted by Crippen LogP contribution is 2.13. The molecular weight excluding hydrogens is 230 g/mol. The predicted molar refractivity (Wildman–Crippen MR) is 71.1 cm³/mol. The number of hydrogen-bond acceptors (Lipinski definition) is 3. The molecule has 1 aliphatic rings. The van der Waals surface area contributed by atoms with Crippen molar-refractivity contribution < 1.29 is 9.90 Å². The second kappa shape index (κ2) is 7.24. The molecule has 5 heteroatoms. The van der Waals surface area contributed by atoms with Crippen LogP contribution in [0.4, 0.5) is 4.79 Å². The first-order valence-corrected chi connectivity index (χ1v) is 6.46. The topological polar surface area (TPSA) is 55.8 Å². The monoisotopic (exact) mass is 253 g/mol. The van der Waals surface area contributed by atoms with Crippen LogP contribution in [-0.2, 0) is 0 Å². The number of nitrogens with one attached hydrogen (secondary N) is 1. The molecule has 0 aromatic heterocycles. The molecule has 0 aromatic carbocycles. The fourth-order valence-corrected chi connectivity index (χ4v) is 2.28. The summed E-state index contributed by atoms with van der Waals surface area (Å²) < 4.78 is 0. The van der Waals surface area contributed by atoms with Crippen molar-refractivity contribution >= 4 is 6.03 Å². The first-order chi connectivity index (χ1) is 8.58. The van der Waals surface area contributed by atoms with Gasteiger partial charge in [-0.2, -0.15) is 0 Å². The Balaban J connectivity index is 2.50. The lowest BCUT2D eigenvalue weighted by Gasteiger charge is -2.41. The molecule has 102 valence electrons. The molecule has 2 atom stereocenters. The molecular formula is C13H23N3O2. The van der Waals surface area contributed by atoms with E-state index in [4.69, 9.17) is 6.42 Å². The Kier molecular flexibility index (Phi) is 5.96. The molecule has 0 bridgehead atoms. The summed E-state index contributed by atoms with van der Waals surface area (Å²) in [5.74, 6) is 2.40. The molecule has 0 saturated carbocycles. The number of terminal acetylenes is 1. The molecule has 0 radical (unpaired) electrons. The van der Waals surface area contributed by atoms with Gasteiger partial charge in [0.2, 0.25) is 0 Å². The van der Waals surface area contributed by atoms with Crippen LogP contribution in [0.2, 0.25) is 0 Å². The molecule has 0 aliphatic carbocycles. The lowest BCUT2D eigenvalue weighted by Crippen LogP contribution is -2.57. The molecule has 2 amide bonds. The zero-order valence-corrected chi connectivity index (χ0v) is 11.2. The summed E-state index contributed by atoms with van der Waals surface area (Å²) in [5.41, 5.74) is 0. The maximum Gasteiger partial charge on any atom is 0.318 e. The summed E-state index contributed by atoms with van der Waals surface area (Å²) in [7, 11) is 0. The maximum atomic E-state index is 11.8. The number of β-amino-alcohol motifs (C(OH)–C–C–N with tert-alkyl or cyclic N) is 1. The van der Waals surface area contributed by atoms with Gasteiger partial charge in [0.1, 0.15) is 0 Å². The van der Waals surface area contributed by atoms with E-state index < -0.39 is 0 Å². The number of urea groups is 1. The molecule has 1 saturated heterocycles. The number of rotatable bonds is 4. The van der Waals surface area contributed by atoms with Crippen molar-refractivity contribution in [3.05, 3.63) is 0 Å². The maximum absolute atomic E-state index is 11.8. The number of carbonyl (C=O) groups excluding carboxylic acids is 1. The van der Waals surface area contributed by atoms with Gasteiger partial charge in [-0.15, -0.1) is 6.42 Å². The van der Waals surface area contributed by atoms with Crippen molar-refractivity contribution in [1.82, 2.24) is 15.1 Å². The number of amides is 2. The van der Waals surface area contributed by atoms with E-state index in [1.165, 1.54) is 0 Å². The van der Waals surface area contributed by atoms with Crippen LogP contribution < -0.4 is 5.32 Å². The quantitative estimate of drug-likeness (QED) is 0.699. The molecule has 5 nitrogen and oxygen atoms in total. The predicted octanol–water partition coefficient (Wildman–Crippen LogP) is 0.106. The zero-order valence-electron chi connectivity index (χ0n) is 11.2. The van der Waals surface area contributed by atoms with E-state index in [1.807, 2.05) is 0 Å². The van der Waals surface area contributed by atoms with Crippen molar-refractivity contribution in [2.75, 3.05) is 32.7 Å². The molecule has 2 N–H and O–H groups in total. The first kappa shape index (κ1) is 14.8. The largest absolute Gasteiger partial charge is 0.392 e. The molecule has 1 aliphatic heterocycles. The highest BCUT2D eigenvalue weighted by atomic mass is 16.3. The van der Waals surface area contributed by atoms with Gasteiger partial charge in [0, 0.05) is 32.2 Å². The van der Waals surface area contributed by atoms with Gasteiger partial charge in [-0.1, -0.05) is 12.8 Å². The van der Waals surface area contributed by atoms with Gasteiger partial charge < -0.3 is 15.3 Å². The molecule has 1 rings (SSSR count). The van der Waals surface area contributed by atoms with E-state index >= 15 is 0 Å². The Morgan fingerprint density at radius 2 is 2.33 bits per heavy atom. The van der Waals surface area contributed by atoms with Gasteiger partial charge in [0.15, 0.2) is 0 Å². The molecule has 0 aromatic rings. The lowest BCUT2D eigenvalue weighted by atomic mass is 10.1. The van der Waals surface area contributed by atoms with Crippen LogP contribution in [0.5, 0.6) is 0 Å². The van der Waals surface area contributed by atoms with E-state index in [2.05, 4.69) is 23.1 Å². The summed E-state index contributed by atoms with van der Waals surface area (Å²) in [6.07, 6.45) is 5.75. The molecule has 18 heavy (non-hydrogen) atoms. The van der Waals surface area contributed by atoms with Crippen LogP contribution in [0.3, 0.4) is 0 Å².